The van der Waals surface area contributed by atoms with Crippen LogP contribution in [0.5, 0.6) is 5.75 Å². The van der Waals surface area contributed by atoms with Crippen molar-refractivity contribution < 1.29 is 9.53 Å². The number of amidine groups is 1. The Kier molecular flexibility index (Phi) is 5.21. The molecule has 154 valence electrons. The van der Waals surface area contributed by atoms with Gasteiger partial charge in [0, 0.05) is 5.22 Å². The number of carbonyl (C=O) groups is 1. The number of benzene rings is 2. The fourth-order valence-electron chi connectivity index (χ4n) is 4.16. The summed E-state index contributed by atoms with van der Waals surface area (Å²) in [5.74, 6) is 1.57. The van der Waals surface area contributed by atoms with Crippen molar-refractivity contribution >= 4 is 28.5 Å². The van der Waals surface area contributed by atoms with Crippen molar-refractivity contribution in [2.24, 2.45) is 10.1 Å². The van der Waals surface area contributed by atoms with Crippen molar-refractivity contribution in [1.82, 2.24) is 10.3 Å². The summed E-state index contributed by atoms with van der Waals surface area (Å²) < 4.78 is 6.10. The van der Waals surface area contributed by atoms with Crippen molar-refractivity contribution in [2.75, 3.05) is 5.75 Å². The molecule has 7 heteroatoms. The number of fused-ring (bicyclic) bond motifs is 2. The van der Waals surface area contributed by atoms with E-state index in [0.717, 1.165) is 40.5 Å². The second-order valence-corrected chi connectivity index (χ2v) is 8.85. The number of nitrogens with one attached hydrogen (secondary N) is 1. The zero-order valence-corrected chi connectivity index (χ0v) is 17.7. The molecule has 1 atom stereocenters. The molecule has 1 aliphatic carbocycles. The van der Waals surface area contributed by atoms with E-state index in [0.29, 0.717) is 17.0 Å². The molecule has 0 spiro atoms. The van der Waals surface area contributed by atoms with Gasteiger partial charge in [0.15, 0.2) is 11.3 Å². The van der Waals surface area contributed by atoms with Crippen molar-refractivity contribution in [3.8, 4) is 5.75 Å². The summed E-state index contributed by atoms with van der Waals surface area (Å²) in [5.41, 5.74) is 1.51. The van der Waals surface area contributed by atoms with Gasteiger partial charge in [-0.1, -0.05) is 49.0 Å². The first kappa shape index (κ1) is 19.2. The largest absolute Gasteiger partial charge is 0.490 e. The minimum Gasteiger partial charge on any atom is -0.490 e. The van der Waals surface area contributed by atoms with Crippen molar-refractivity contribution in [1.29, 1.82) is 0 Å². The molecule has 1 amide bonds. The zero-order chi connectivity index (χ0) is 20.5. The highest BCUT2D eigenvalue weighted by Gasteiger charge is 2.34. The van der Waals surface area contributed by atoms with Crippen LogP contribution in [0.25, 0.3) is 5.70 Å². The van der Waals surface area contributed by atoms with Gasteiger partial charge in [0.2, 0.25) is 0 Å². The van der Waals surface area contributed by atoms with E-state index in [1.54, 1.807) is 5.01 Å². The Labute approximate surface area is 179 Å². The minimum atomic E-state index is -0.395. The fraction of sp³-hybridized carbons (Fsp3) is 0.348. The first-order valence-electron chi connectivity index (χ1n) is 10.5. The minimum absolute atomic E-state index is 0.144. The van der Waals surface area contributed by atoms with Crippen LogP contribution in [-0.2, 0) is 4.79 Å². The highest BCUT2D eigenvalue weighted by molar-refractivity contribution is 8.13. The van der Waals surface area contributed by atoms with Gasteiger partial charge in [-0.2, -0.15) is 0 Å². The molecular formula is C23H24N4O2S. The van der Waals surface area contributed by atoms with Crippen LogP contribution in [0.1, 0.15) is 44.3 Å². The molecule has 3 aliphatic rings. The van der Waals surface area contributed by atoms with Gasteiger partial charge in [0.05, 0.1) is 11.5 Å². The number of nitrogens with zero attached hydrogens (tertiary/aromatic N) is 3. The van der Waals surface area contributed by atoms with Crippen LogP contribution in [0.2, 0.25) is 0 Å². The third kappa shape index (κ3) is 3.58. The van der Waals surface area contributed by atoms with Crippen LogP contribution >= 0.6 is 11.8 Å². The molecule has 1 unspecified atom stereocenters. The number of ether oxygens (including phenoxy) is 1. The van der Waals surface area contributed by atoms with E-state index in [2.05, 4.69) is 5.32 Å². The lowest BCUT2D eigenvalue weighted by atomic mass is 10.1. The summed E-state index contributed by atoms with van der Waals surface area (Å²) >= 11 is 1.51. The molecule has 1 fully saturated rings. The second-order valence-electron chi connectivity index (χ2n) is 7.60. The van der Waals surface area contributed by atoms with Crippen LogP contribution in [0.4, 0.5) is 0 Å². The van der Waals surface area contributed by atoms with E-state index >= 15 is 0 Å². The van der Waals surface area contributed by atoms with Gasteiger partial charge in [-0.05, 0) is 55.2 Å². The number of thioether (sulfide) groups is 1. The van der Waals surface area contributed by atoms with Gasteiger partial charge >= 0.3 is 0 Å². The lowest BCUT2D eigenvalue weighted by Crippen LogP contribution is -2.50. The zero-order valence-electron chi connectivity index (χ0n) is 16.9. The second kappa shape index (κ2) is 8.14. The lowest BCUT2D eigenvalue weighted by molar-refractivity contribution is -0.116. The molecule has 0 aromatic heterocycles. The standard InChI is InChI=1S/C23H24N4O2S/c1-2-30-23-25-22(28)20-18-9-5-6-10-19(18)24-21(27(20)26-23)15-11-13-17(14-12-15)29-16-7-3-4-8-16/h5-6,9-14,16,21H,2-4,7-8H2,1H3,(H,25,26,28). The Hall–Kier alpha value is -2.80. The maximum atomic E-state index is 13.0. The average molecular weight is 421 g/mol. The lowest BCUT2D eigenvalue weighted by Gasteiger charge is -2.34. The van der Waals surface area contributed by atoms with E-state index in [4.69, 9.17) is 14.8 Å². The summed E-state index contributed by atoms with van der Waals surface area (Å²) in [7, 11) is 0. The summed E-state index contributed by atoms with van der Waals surface area (Å²) in [5, 5.41) is 11.6. The Morgan fingerprint density at radius 3 is 2.67 bits per heavy atom. The van der Waals surface area contributed by atoms with Crippen LogP contribution in [0.3, 0.4) is 0 Å². The maximum Gasteiger partial charge on any atom is 0.276 e. The van der Waals surface area contributed by atoms with E-state index in [1.165, 1.54) is 24.6 Å². The Balaban J connectivity index is 1.53. The monoisotopic (exact) mass is 420 g/mol. The summed E-state index contributed by atoms with van der Waals surface area (Å²) in [6, 6.07) is 15.8. The Morgan fingerprint density at radius 1 is 1.13 bits per heavy atom. The third-order valence-electron chi connectivity index (χ3n) is 5.58. The Morgan fingerprint density at radius 2 is 1.90 bits per heavy atom. The van der Waals surface area contributed by atoms with Crippen LogP contribution in [-0.4, -0.2) is 27.9 Å². The number of amides is 1. The Bertz CT molecular complexity index is 1110. The van der Waals surface area contributed by atoms with E-state index in [-0.39, 0.29) is 5.91 Å². The fourth-order valence-corrected chi connectivity index (χ4v) is 4.75. The van der Waals surface area contributed by atoms with Crippen molar-refractivity contribution in [3.05, 3.63) is 64.7 Å². The molecule has 0 bridgehead atoms. The van der Waals surface area contributed by atoms with E-state index in [1.807, 2.05) is 55.5 Å². The van der Waals surface area contributed by atoms with E-state index < -0.39 is 6.17 Å². The van der Waals surface area contributed by atoms with Crippen molar-refractivity contribution in [3.63, 3.8) is 0 Å². The molecule has 2 heterocycles. The van der Waals surface area contributed by atoms with Gasteiger partial charge in [-0.25, -0.2) is 5.01 Å². The average Bonchev–Trinajstić information content (AvgIpc) is 3.27. The van der Waals surface area contributed by atoms with Gasteiger partial charge in [-0.3, -0.25) is 15.1 Å². The quantitative estimate of drug-likeness (QED) is 0.826. The molecule has 2 aliphatic heterocycles. The van der Waals surface area contributed by atoms with Crippen LogP contribution < -0.4 is 20.6 Å². The van der Waals surface area contributed by atoms with Crippen molar-refractivity contribution in [2.45, 2.75) is 44.9 Å². The number of carbonyl (C=O) groups excluding carboxylic acids is 1. The number of hydrazone groups is 1. The molecule has 1 N–H and O–H groups in total. The summed E-state index contributed by atoms with van der Waals surface area (Å²) in [4.78, 5) is 17.9. The molecule has 30 heavy (non-hydrogen) atoms. The SMILES string of the molecule is CCSC1=NN2C(=c3ccccc3=NC2c2ccc(OC3CCCC3)cc2)C(=O)N1. The van der Waals surface area contributed by atoms with Gasteiger partial charge in [-0.15, -0.1) is 5.10 Å². The predicted molar refractivity (Wildman–Crippen MR) is 118 cm³/mol. The molecule has 5 rings (SSSR count). The number of hydrogen-bond donors (Lipinski definition) is 1. The molecule has 1 saturated carbocycles. The first-order chi connectivity index (χ1) is 14.7. The smallest absolute Gasteiger partial charge is 0.276 e. The van der Waals surface area contributed by atoms with Crippen LogP contribution in [0.15, 0.2) is 58.6 Å². The number of rotatable bonds is 4. The molecule has 6 nitrogen and oxygen atoms in total. The predicted octanol–water partition coefficient (Wildman–Crippen LogP) is 2.90. The van der Waals surface area contributed by atoms with Gasteiger partial charge in [0.25, 0.3) is 5.91 Å². The van der Waals surface area contributed by atoms with E-state index in [9.17, 15) is 4.79 Å². The highest BCUT2D eigenvalue weighted by atomic mass is 32.2. The number of para-hydroxylation sites is 1. The van der Waals surface area contributed by atoms with Gasteiger partial charge in [0.1, 0.15) is 11.4 Å². The first-order valence-corrected chi connectivity index (χ1v) is 11.5. The molecular weight excluding hydrogens is 396 g/mol. The third-order valence-corrected chi connectivity index (χ3v) is 6.33. The normalized spacial score (nSPS) is 20.8. The molecule has 0 saturated heterocycles. The topological polar surface area (TPSA) is 66.3 Å². The molecule has 2 aromatic carbocycles. The summed E-state index contributed by atoms with van der Waals surface area (Å²) in [6.07, 6.45) is 4.68. The maximum absolute atomic E-state index is 13.0. The summed E-state index contributed by atoms with van der Waals surface area (Å²) in [6.45, 7) is 2.04. The number of hydrogen-bond acceptors (Lipinski definition) is 6. The van der Waals surface area contributed by atoms with Gasteiger partial charge < -0.3 is 4.74 Å². The highest BCUT2D eigenvalue weighted by Crippen LogP contribution is 2.32. The molecule has 0 radical (unpaired) electrons. The molecule has 2 aromatic rings. The van der Waals surface area contributed by atoms with Crippen LogP contribution in [0, 0.1) is 0 Å².